The van der Waals surface area contributed by atoms with Gasteiger partial charge < -0.3 is 9.97 Å². The van der Waals surface area contributed by atoms with E-state index in [1.807, 2.05) is 0 Å². The molecule has 0 N–H and O–H groups in total. The van der Waals surface area contributed by atoms with Crippen molar-refractivity contribution in [1.82, 2.24) is 9.97 Å². The zero-order chi connectivity index (χ0) is 13.6. The van der Waals surface area contributed by atoms with Gasteiger partial charge in [-0.15, -0.1) is 0 Å². The van der Waals surface area contributed by atoms with Crippen molar-refractivity contribution in [3.05, 3.63) is 29.6 Å². The maximum Gasteiger partial charge on any atom is 1.00 e. The molecule has 0 fully saturated rings. The summed E-state index contributed by atoms with van der Waals surface area (Å²) in [5, 5.41) is 8.57. The summed E-state index contributed by atoms with van der Waals surface area (Å²) in [5.41, 5.74) is -0.190. The second-order valence-corrected chi connectivity index (χ2v) is 3.43. The summed E-state index contributed by atoms with van der Waals surface area (Å²) in [6, 6.07) is 5.24. The van der Waals surface area contributed by atoms with Gasteiger partial charge in [-0.05, 0) is 29.0 Å². The van der Waals surface area contributed by atoms with Crippen LogP contribution in [-0.4, -0.2) is 11.2 Å². The van der Waals surface area contributed by atoms with E-state index in [4.69, 9.17) is 5.26 Å². The Kier molecular flexibility index (Phi) is 3.94. The van der Waals surface area contributed by atoms with E-state index >= 15 is 0 Å². The van der Waals surface area contributed by atoms with Crippen LogP contribution in [0.15, 0.2) is 18.2 Å². The molecule has 0 unspecified atom stereocenters. The predicted molar refractivity (Wildman–Crippen MR) is 49.7 cm³/mol. The fourth-order valence-electron chi connectivity index (χ4n) is 1.30. The number of nitrogens with zero attached hydrogens (tertiary/aromatic N) is 3. The second-order valence-electron chi connectivity index (χ2n) is 3.43. The van der Waals surface area contributed by atoms with Crippen LogP contribution in [0.5, 0.6) is 0 Å². The van der Waals surface area contributed by atoms with Crippen molar-refractivity contribution < 1.29 is 40.8 Å². The maximum absolute atomic E-state index is 13.0. The van der Waals surface area contributed by atoms with Crippen molar-refractivity contribution in [1.29, 1.82) is 5.26 Å². The molecule has 2 rings (SSSR count). The molecular formula is C10H3F5LiN3. The van der Waals surface area contributed by atoms with Gasteiger partial charge in [-0.2, -0.15) is 27.2 Å². The first-order chi connectivity index (χ1) is 8.25. The minimum Gasteiger partial charge on any atom is -0.434 e. The van der Waals surface area contributed by atoms with Gasteiger partial charge in [0.2, 0.25) is 0 Å². The van der Waals surface area contributed by atoms with Gasteiger partial charge in [-0.3, -0.25) is 0 Å². The largest absolute Gasteiger partial charge is 1.00 e. The summed E-state index contributed by atoms with van der Waals surface area (Å²) in [4.78, 5) is 6.26. The van der Waals surface area contributed by atoms with E-state index in [2.05, 4.69) is 9.97 Å². The van der Waals surface area contributed by atoms with E-state index in [-0.39, 0.29) is 35.5 Å². The minimum atomic E-state index is -5.75. The Morgan fingerprint density at radius 1 is 1.16 bits per heavy atom. The van der Waals surface area contributed by atoms with Crippen molar-refractivity contribution in [3.63, 3.8) is 0 Å². The number of nitriles is 1. The van der Waals surface area contributed by atoms with E-state index < -0.39 is 17.9 Å². The van der Waals surface area contributed by atoms with Crippen molar-refractivity contribution in [2.45, 2.75) is 12.1 Å². The third-order valence-electron chi connectivity index (χ3n) is 2.19. The standard InChI is InChI=1S/C10H3F5N3.Li/c11-9(12,10(13,14)15)8-17-6-2-1-5(4-16)3-7(6)18-8;/h1-3H;/q-1;+1. The number of halogens is 5. The summed E-state index contributed by atoms with van der Waals surface area (Å²) in [6.07, 6.45) is -5.75. The molecule has 0 aliphatic carbocycles. The van der Waals surface area contributed by atoms with Gasteiger partial charge >= 0.3 is 31.0 Å². The number of fused-ring (bicyclic) bond motifs is 1. The summed E-state index contributed by atoms with van der Waals surface area (Å²) < 4.78 is 62.3. The number of benzene rings is 1. The fourth-order valence-corrected chi connectivity index (χ4v) is 1.30. The monoisotopic (exact) mass is 267 g/mol. The third kappa shape index (κ3) is 2.58. The van der Waals surface area contributed by atoms with Crippen LogP contribution < -0.4 is 23.8 Å². The van der Waals surface area contributed by atoms with Gasteiger partial charge in [0.1, 0.15) is 0 Å². The first-order valence-electron chi connectivity index (χ1n) is 4.55. The molecular weight excluding hydrogens is 264 g/mol. The number of alkyl halides is 5. The van der Waals surface area contributed by atoms with Gasteiger partial charge in [-0.25, -0.2) is 0 Å². The molecule has 0 saturated carbocycles. The quantitative estimate of drug-likeness (QED) is 0.527. The van der Waals surface area contributed by atoms with E-state index in [1.165, 1.54) is 6.07 Å². The molecule has 1 aromatic heterocycles. The number of hydrogen-bond donors (Lipinski definition) is 0. The van der Waals surface area contributed by atoms with E-state index in [9.17, 15) is 22.0 Å². The zero-order valence-electron chi connectivity index (χ0n) is 9.46. The fraction of sp³-hybridized carbons (Fsp3) is 0.200. The average molecular weight is 267 g/mol. The summed E-state index contributed by atoms with van der Waals surface area (Å²) in [7, 11) is 0. The van der Waals surface area contributed by atoms with Crippen molar-refractivity contribution in [2.24, 2.45) is 0 Å². The minimum absolute atomic E-state index is 0. The molecule has 0 bridgehead atoms. The molecule has 19 heavy (non-hydrogen) atoms. The van der Waals surface area contributed by atoms with Gasteiger partial charge in [0.15, 0.2) is 0 Å². The maximum atomic E-state index is 13.0. The molecule has 9 heteroatoms. The van der Waals surface area contributed by atoms with Crippen molar-refractivity contribution in [3.8, 4) is 6.07 Å². The molecule has 94 valence electrons. The molecule has 0 saturated heterocycles. The van der Waals surface area contributed by atoms with Gasteiger partial charge in [-0.1, -0.05) is 6.07 Å². The molecule has 0 spiro atoms. The van der Waals surface area contributed by atoms with Crippen LogP contribution in [0.1, 0.15) is 11.4 Å². The number of rotatable bonds is 1. The molecule has 1 aromatic carbocycles. The SMILES string of the molecule is N#Cc1ccc2nc(C(F)(F)C(F)(F)F)[n-]c2c1.[Li+]. The topological polar surface area (TPSA) is 50.8 Å². The van der Waals surface area contributed by atoms with Gasteiger partial charge in [0.25, 0.3) is 0 Å². The van der Waals surface area contributed by atoms with Crippen LogP contribution in [0.3, 0.4) is 0 Å². The zero-order valence-corrected chi connectivity index (χ0v) is 9.46. The summed E-state index contributed by atoms with van der Waals surface area (Å²) in [6.45, 7) is 0. The first-order valence-corrected chi connectivity index (χ1v) is 4.55. The Bertz CT molecular complexity index is 641. The van der Waals surface area contributed by atoms with Gasteiger partial charge in [0.05, 0.1) is 11.6 Å². The second kappa shape index (κ2) is 4.84. The Morgan fingerprint density at radius 2 is 1.79 bits per heavy atom. The molecule has 0 radical (unpaired) electrons. The van der Waals surface area contributed by atoms with Crippen LogP contribution in [-0.2, 0) is 5.92 Å². The molecule has 0 aliphatic heterocycles. The Labute approximate surface area is 115 Å². The Morgan fingerprint density at radius 3 is 2.32 bits per heavy atom. The molecule has 0 atom stereocenters. The van der Waals surface area contributed by atoms with Crippen LogP contribution in [0.25, 0.3) is 11.0 Å². The smallest absolute Gasteiger partial charge is 0.434 e. The molecule has 3 nitrogen and oxygen atoms in total. The Hall–Kier alpha value is -1.57. The molecule has 0 aliphatic rings. The van der Waals surface area contributed by atoms with E-state index in [1.54, 1.807) is 6.07 Å². The van der Waals surface area contributed by atoms with Crippen molar-refractivity contribution >= 4 is 11.0 Å². The van der Waals surface area contributed by atoms with Crippen LogP contribution in [0.4, 0.5) is 22.0 Å². The van der Waals surface area contributed by atoms with E-state index in [0.717, 1.165) is 12.1 Å². The number of imidazole rings is 1. The first kappa shape index (κ1) is 15.5. The van der Waals surface area contributed by atoms with Crippen molar-refractivity contribution in [2.75, 3.05) is 0 Å². The average Bonchev–Trinajstić information content (AvgIpc) is 2.70. The summed E-state index contributed by atoms with van der Waals surface area (Å²) >= 11 is 0. The number of aromatic nitrogens is 2. The summed E-state index contributed by atoms with van der Waals surface area (Å²) in [5.74, 6) is -6.72. The Balaban J connectivity index is 0.00000180. The van der Waals surface area contributed by atoms with Crippen LogP contribution in [0, 0.1) is 11.3 Å². The molecule has 0 amide bonds. The van der Waals surface area contributed by atoms with Crippen LogP contribution >= 0.6 is 0 Å². The third-order valence-corrected chi connectivity index (χ3v) is 2.19. The normalized spacial score (nSPS) is 12.0. The molecule has 1 heterocycles. The van der Waals surface area contributed by atoms with E-state index in [0.29, 0.717) is 0 Å². The molecule has 2 aromatic rings. The van der Waals surface area contributed by atoms with Crippen LogP contribution in [0.2, 0.25) is 0 Å². The predicted octanol–water partition coefficient (Wildman–Crippen LogP) is -0.278. The van der Waals surface area contributed by atoms with Gasteiger partial charge in [0, 0.05) is 0 Å². The number of hydrogen-bond acceptors (Lipinski definition) is 2.